The van der Waals surface area contributed by atoms with Gasteiger partial charge in [0.2, 0.25) is 0 Å². The van der Waals surface area contributed by atoms with Crippen molar-refractivity contribution in [3.8, 4) is 0 Å². The maximum atomic E-state index is 10.8. The number of hydrogen-bond donors (Lipinski definition) is 4. The fourth-order valence-corrected chi connectivity index (χ4v) is 7.38. The average molecular weight is 890 g/mol. The zero-order chi connectivity index (χ0) is 48.8. The van der Waals surface area contributed by atoms with Crippen LogP contribution in [0.1, 0.15) is 194 Å². The van der Waals surface area contributed by atoms with E-state index in [1.54, 1.807) is 0 Å². The molecule has 63 heavy (non-hydrogen) atoms. The molecule has 3 aliphatic rings. The normalized spacial score (nSPS) is 20.1. The first-order valence-corrected chi connectivity index (χ1v) is 22.6. The number of aromatic amines is 2. The molecule has 4 N–H and O–H groups in total. The van der Waals surface area contributed by atoms with E-state index in [1.165, 1.54) is 38.8 Å². The molecule has 19 nitrogen and oxygen atoms in total. The molecule has 1 unspecified atom stereocenters. The largest absolute Gasteiger partial charge is 0.480 e. The lowest BCUT2D eigenvalue weighted by Crippen LogP contribution is -2.47. The molecular formula is C44H87N15O4. The van der Waals surface area contributed by atoms with Crippen molar-refractivity contribution in [1.82, 2.24) is 76.2 Å². The highest BCUT2D eigenvalue weighted by atomic mass is 16.4. The minimum absolute atomic E-state index is 0.00694. The molecule has 0 radical (unpaired) electrons. The molecule has 0 aromatic carbocycles. The minimum atomic E-state index is -0.974. The van der Waals surface area contributed by atoms with E-state index in [-0.39, 0.29) is 34.4 Å². The predicted molar refractivity (Wildman–Crippen MR) is 247 cm³/mol. The van der Waals surface area contributed by atoms with Crippen molar-refractivity contribution < 1.29 is 19.8 Å². The molecule has 6 heterocycles. The Morgan fingerprint density at radius 3 is 1.13 bits per heavy atom. The highest BCUT2D eigenvalue weighted by molar-refractivity contribution is 5.74. The highest BCUT2D eigenvalue weighted by Gasteiger charge is 2.37. The summed E-state index contributed by atoms with van der Waals surface area (Å²) in [5.74, 6) is 0.402. The van der Waals surface area contributed by atoms with Gasteiger partial charge < -0.3 is 10.2 Å². The van der Waals surface area contributed by atoms with Crippen LogP contribution in [0.3, 0.4) is 0 Å². The van der Waals surface area contributed by atoms with Gasteiger partial charge in [0.1, 0.15) is 6.04 Å². The molecular weight excluding hydrogens is 803 g/mol. The summed E-state index contributed by atoms with van der Waals surface area (Å²) in [6, 6.07) is 1.35. The molecule has 3 aromatic rings. The number of carboxylic acids is 2. The van der Waals surface area contributed by atoms with Gasteiger partial charge in [-0.05, 0) is 140 Å². The van der Waals surface area contributed by atoms with Gasteiger partial charge in [-0.3, -0.25) is 24.3 Å². The van der Waals surface area contributed by atoms with Gasteiger partial charge in [-0.15, -0.1) is 30.6 Å². The van der Waals surface area contributed by atoms with Gasteiger partial charge in [-0.25, -0.2) is 0 Å². The van der Waals surface area contributed by atoms with Crippen molar-refractivity contribution >= 4 is 11.9 Å². The van der Waals surface area contributed by atoms with Crippen molar-refractivity contribution in [3.05, 3.63) is 17.5 Å². The van der Waals surface area contributed by atoms with Crippen LogP contribution in [0, 0.1) is 0 Å². The Morgan fingerprint density at radius 2 is 0.921 bits per heavy atom. The number of aromatic nitrogens is 12. The van der Waals surface area contributed by atoms with Gasteiger partial charge in [0.25, 0.3) is 0 Å². The summed E-state index contributed by atoms with van der Waals surface area (Å²) in [7, 11) is 0. The van der Waals surface area contributed by atoms with Crippen LogP contribution in [0.25, 0.3) is 0 Å². The maximum Gasteiger partial charge on any atom is 0.327 e. The topological polar surface area (TPSA) is 237 Å². The minimum Gasteiger partial charge on any atom is -0.480 e. The van der Waals surface area contributed by atoms with E-state index in [0.717, 1.165) is 47.9 Å². The van der Waals surface area contributed by atoms with Crippen LogP contribution in [-0.4, -0.2) is 153 Å². The first-order chi connectivity index (χ1) is 28.6. The van der Waals surface area contributed by atoms with Gasteiger partial charge in [0.15, 0.2) is 24.0 Å². The van der Waals surface area contributed by atoms with Gasteiger partial charge in [-0.1, -0.05) is 72.7 Å². The number of H-pyrrole nitrogens is 2. The van der Waals surface area contributed by atoms with Crippen LogP contribution in [-0.2, 0) is 32.4 Å². The van der Waals surface area contributed by atoms with E-state index in [1.807, 2.05) is 62.3 Å². The SMILES string of the molecule is CC(C)(C)N1CCC[C@H]1C(=O)O.CC(C)(C)c1nn[nH]n1.CC(C)(C)c1nn[nH]n1.CC(C)(C)c1nnn(CC(=O)O)n1.CC1CCCN1C(C)(C)C.C[C@H]1CCCN1C(C)(C)C. The molecule has 362 valence electrons. The molecule has 0 amide bonds. The Morgan fingerprint density at radius 1 is 0.556 bits per heavy atom. The van der Waals surface area contributed by atoms with Gasteiger partial charge in [0.05, 0.1) is 0 Å². The van der Waals surface area contributed by atoms with E-state index >= 15 is 0 Å². The maximum absolute atomic E-state index is 10.8. The predicted octanol–water partition coefficient (Wildman–Crippen LogP) is 6.92. The smallest absolute Gasteiger partial charge is 0.327 e. The standard InChI is InChI=1S/C9H17NO2.2C9H19N.C7H12N4O2.2C5H10N4/c1-9(2,3)10-6-4-5-7(10)8(11)12;2*1-8-6-5-7-10(8)9(2,3)4;1-7(2,3)6-8-10-11(9-6)4-5(12)13;2*1-5(2,3)4-6-8-9-7-4/h7H,4-6H2,1-3H3,(H,11,12);2*8H,5-7H2,1-4H3;4H2,1-3H3,(H,12,13);2*1-3H3,(H,6,7,8,9)/t7-;8-;;;;/m00..../s1. The quantitative estimate of drug-likeness (QED) is 0.209. The molecule has 6 rings (SSSR count). The highest BCUT2D eigenvalue weighted by Crippen LogP contribution is 2.28. The van der Waals surface area contributed by atoms with Crippen molar-refractivity contribution in [3.63, 3.8) is 0 Å². The summed E-state index contributed by atoms with van der Waals surface area (Å²) in [5.41, 5.74) is 0.572. The van der Waals surface area contributed by atoms with Crippen LogP contribution < -0.4 is 0 Å². The van der Waals surface area contributed by atoms with E-state index < -0.39 is 11.9 Å². The summed E-state index contributed by atoms with van der Waals surface area (Å²) in [4.78, 5) is 29.4. The van der Waals surface area contributed by atoms with E-state index in [9.17, 15) is 9.59 Å². The van der Waals surface area contributed by atoms with Crippen LogP contribution in [0.5, 0.6) is 0 Å². The zero-order valence-electron chi connectivity index (χ0n) is 42.8. The molecule has 0 saturated carbocycles. The molecule has 3 saturated heterocycles. The molecule has 3 atom stereocenters. The number of carboxylic acid groups (broad SMARTS) is 2. The lowest BCUT2D eigenvalue weighted by molar-refractivity contribution is -0.144. The summed E-state index contributed by atoms with van der Waals surface area (Å²) in [6.07, 6.45) is 7.35. The van der Waals surface area contributed by atoms with Crippen LogP contribution in [0.15, 0.2) is 0 Å². The third-order valence-electron chi connectivity index (χ3n) is 10.7. The summed E-state index contributed by atoms with van der Waals surface area (Å²) < 4.78 is 0. The average Bonchev–Trinajstić information content (AvgIpc) is 3.94. The Hall–Kier alpha value is -3.97. The first kappa shape index (κ1) is 57.0. The third-order valence-corrected chi connectivity index (χ3v) is 10.7. The molecule has 3 fully saturated rings. The third kappa shape index (κ3) is 21.0. The first-order valence-electron chi connectivity index (χ1n) is 22.6. The van der Waals surface area contributed by atoms with Gasteiger partial charge in [0, 0.05) is 44.9 Å². The van der Waals surface area contributed by atoms with Crippen LogP contribution in [0.2, 0.25) is 0 Å². The fraction of sp³-hybridized carbons (Fsp3) is 0.886. The molecule has 3 aliphatic heterocycles. The van der Waals surface area contributed by atoms with E-state index in [4.69, 9.17) is 10.2 Å². The van der Waals surface area contributed by atoms with Crippen molar-refractivity contribution in [2.75, 3.05) is 19.6 Å². The summed E-state index contributed by atoms with van der Waals surface area (Å²) >= 11 is 0. The number of tetrazole rings is 3. The Kier molecular flexibility index (Phi) is 21.6. The fourth-order valence-electron chi connectivity index (χ4n) is 7.38. The second kappa shape index (κ2) is 23.8. The number of hydrogen-bond acceptors (Lipinski definition) is 14. The molecule has 3 aromatic heterocycles. The molecule has 0 bridgehead atoms. The Balaban J connectivity index is 0.000000380. The molecule has 19 heteroatoms. The van der Waals surface area contributed by atoms with Crippen LogP contribution >= 0.6 is 0 Å². The summed E-state index contributed by atoms with van der Waals surface area (Å²) in [5, 5.41) is 55.7. The van der Waals surface area contributed by atoms with Crippen LogP contribution in [0.4, 0.5) is 0 Å². The number of nitrogens with one attached hydrogen (secondary N) is 2. The zero-order valence-corrected chi connectivity index (χ0v) is 42.8. The number of aliphatic carboxylic acids is 2. The van der Waals surface area contributed by atoms with Gasteiger partial charge in [-0.2, -0.15) is 15.2 Å². The second-order valence-corrected chi connectivity index (χ2v) is 22.8. The van der Waals surface area contributed by atoms with E-state index in [2.05, 4.69) is 148 Å². The Labute approximate surface area is 378 Å². The van der Waals surface area contributed by atoms with Crippen molar-refractivity contribution in [1.29, 1.82) is 0 Å². The van der Waals surface area contributed by atoms with Crippen molar-refractivity contribution in [2.45, 2.75) is 235 Å². The monoisotopic (exact) mass is 890 g/mol. The summed E-state index contributed by atoms with van der Waals surface area (Å²) in [6.45, 7) is 46.0. The lowest BCUT2D eigenvalue weighted by atomic mass is 9.96. The number of carbonyl (C=O) groups is 2. The number of rotatable bonds is 3. The lowest BCUT2D eigenvalue weighted by Gasteiger charge is -2.35. The number of likely N-dealkylation sites (tertiary alicyclic amines) is 3. The van der Waals surface area contributed by atoms with Crippen molar-refractivity contribution in [2.24, 2.45) is 0 Å². The van der Waals surface area contributed by atoms with E-state index in [0.29, 0.717) is 16.9 Å². The second-order valence-electron chi connectivity index (χ2n) is 22.8. The van der Waals surface area contributed by atoms with Gasteiger partial charge >= 0.3 is 11.9 Å². The molecule has 0 spiro atoms. The Bertz CT molecular complexity index is 1650. The number of nitrogens with zero attached hydrogens (tertiary/aromatic N) is 13. The molecule has 0 aliphatic carbocycles.